The van der Waals surface area contributed by atoms with Gasteiger partial charge in [-0.05, 0) is 58.6 Å². The van der Waals surface area contributed by atoms with Crippen LogP contribution in [0.15, 0.2) is 29.3 Å². The minimum Gasteiger partial charge on any atom is -0.497 e. The van der Waals surface area contributed by atoms with Gasteiger partial charge in [-0.1, -0.05) is 0 Å². The summed E-state index contributed by atoms with van der Waals surface area (Å²) in [6, 6.07) is 5.04. The summed E-state index contributed by atoms with van der Waals surface area (Å²) in [5.41, 5.74) is 5.08. The maximum absolute atomic E-state index is 13.1. The van der Waals surface area contributed by atoms with E-state index in [1.807, 2.05) is 0 Å². The molecular formula is C21H29N3O5S2. The van der Waals surface area contributed by atoms with Crippen LogP contribution in [0.5, 0.6) is 5.75 Å². The van der Waals surface area contributed by atoms with E-state index in [0.717, 1.165) is 35.6 Å². The van der Waals surface area contributed by atoms with Gasteiger partial charge in [0.05, 0.1) is 21.9 Å². The van der Waals surface area contributed by atoms with Crippen molar-refractivity contribution < 1.29 is 22.7 Å². The number of carbonyl (C=O) groups excluding carboxylic acids is 1. The number of amides is 1. The first kappa shape index (κ1) is 23.5. The van der Waals surface area contributed by atoms with E-state index in [9.17, 15) is 13.2 Å². The standard InChI is InChI=1S/C21H29N3O5S2/c1-21(2,3)24-31(26,27)18-11-15(28-4)9-10-16(18)17-12-23-19(30-17)13-5-7-14(8-6-13)29-20(22)25/h9-14,24H,5-8H2,1-4H3,(H2,22,25)/t13-,14-. The number of carbonyl (C=O) groups is 1. The molecule has 0 unspecified atom stereocenters. The van der Waals surface area contributed by atoms with E-state index in [2.05, 4.69) is 9.71 Å². The Balaban J connectivity index is 1.88. The zero-order valence-electron chi connectivity index (χ0n) is 18.2. The molecule has 2 aromatic rings. The number of thiazole rings is 1. The Labute approximate surface area is 187 Å². The van der Waals surface area contributed by atoms with Crippen LogP contribution in [-0.4, -0.2) is 38.2 Å². The molecule has 1 saturated carbocycles. The average molecular weight is 468 g/mol. The number of nitrogens with one attached hydrogen (secondary N) is 1. The van der Waals surface area contributed by atoms with Gasteiger partial charge in [0.15, 0.2) is 0 Å². The van der Waals surface area contributed by atoms with Crippen molar-refractivity contribution in [2.45, 2.75) is 68.9 Å². The molecule has 0 aliphatic heterocycles. The third kappa shape index (κ3) is 5.96. The minimum atomic E-state index is -3.78. The zero-order valence-corrected chi connectivity index (χ0v) is 19.8. The van der Waals surface area contributed by atoms with Gasteiger partial charge in [-0.2, -0.15) is 0 Å². The monoisotopic (exact) mass is 467 g/mol. The molecule has 1 heterocycles. The number of hydrogen-bond donors (Lipinski definition) is 2. The molecule has 170 valence electrons. The first-order chi connectivity index (χ1) is 14.5. The number of nitrogens with two attached hydrogens (primary N) is 1. The molecule has 1 fully saturated rings. The Morgan fingerprint density at radius 2 is 1.90 bits per heavy atom. The Hall–Kier alpha value is -2.17. The molecule has 1 aromatic heterocycles. The van der Waals surface area contributed by atoms with Crippen LogP contribution in [0.1, 0.15) is 57.4 Å². The number of aromatic nitrogens is 1. The van der Waals surface area contributed by atoms with E-state index < -0.39 is 21.7 Å². The van der Waals surface area contributed by atoms with Crippen molar-refractivity contribution in [2.75, 3.05) is 7.11 Å². The predicted molar refractivity (Wildman–Crippen MR) is 120 cm³/mol. The molecule has 0 radical (unpaired) electrons. The maximum Gasteiger partial charge on any atom is 0.404 e. The van der Waals surface area contributed by atoms with E-state index >= 15 is 0 Å². The lowest BCUT2D eigenvalue weighted by Gasteiger charge is -2.26. The zero-order chi connectivity index (χ0) is 22.8. The van der Waals surface area contributed by atoms with E-state index in [0.29, 0.717) is 11.3 Å². The first-order valence-corrected chi connectivity index (χ1v) is 12.4. The number of hydrogen-bond acceptors (Lipinski definition) is 7. The summed E-state index contributed by atoms with van der Waals surface area (Å²) in [5.74, 6) is 0.716. The molecule has 1 aliphatic rings. The normalized spacial score (nSPS) is 19.7. The third-order valence-electron chi connectivity index (χ3n) is 5.01. The molecule has 0 saturated heterocycles. The van der Waals surface area contributed by atoms with E-state index in [-0.39, 0.29) is 16.9 Å². The van der Waals surface area contributed by atoms with Gasteiger partial charge in [-0.25, -0.2) is 22.9 Å². The fraction of sp³-hybridized carbons (Fsp3) is 0.524. The van der Waals surface area contributed by atoms with Gasteiger partial charge in [-0.3, -0.25) is 0 Å². The summed E-state index contributed by atoms with van der Waals surface area (Å²) in [6.45, 7) is 5.40. The lowest BCUT2D eigenvalue weighted by Crippen LogP contribution is -2.40. The number of primary amides is 1. The van der Waals surface area contributed by atoms with Crippen LogP contribution in [0.3, 0.4) is 0 Å². The molecule has 10 heteroatoms. The molecule has 3 rings (SSSR count). The fourth-order valence-electron chi connectivity index (χ4n) is 3.71. The number of nitrogens with zero attached hydrogens (tertiary/aromatic N) is 1. The van der Waals surface area contributed by atoms with Gasteiger partial charge in [-0.15, -0.1) is 11.3 Å². The molecule has 1 amide bonds. The highest BCUT2D eigenvalue weighted by Gasteiger charge is 2.29. The van der Waals surface area contributed by atoms with Crippen molar-refractivity contribution in [3.8, 4) is 16.2 Å². The van der Waals surface area contributed by atoms with Crippen molar-refractivity contribution >= 4 is 27.5 Å². The van der Waals surface area contributed by atoms with Crippen molar-refractivity contribution in [3.63, 3.8) is 0 Å². The Morgan fingerprint density at radius 1 is 1.23 bits per heavy atom. The van der Waals surface area contributed by atoms with Crippen LogP contribution in [-0.2, 0) is 14.8 Å². The Morgan fingerprint density at radius 3 is 2.48 bits per heavy atom. The quantitative estimate of drug-likeness (QED) is 0.662. The van der Waals surface area contributed by atoms with E-state index in [4.69, 9.17) is 15.2 Å². The largest absolute Gasteiger partial charge is 0.497 e. The highest BCUT2D eigenvalue weighted by Crippen LogP contribution is 2.40. The van der Waals surface area contributed by atoms with Gasteiger partial charge in [0.2, 0.25) is 10.0 Å². The molecule has 3 N–H and O–H groups in total. The summed E-state index contributed by atoms with van der Waals surface area (Å²) in [7, 11) is -2.27. The van der Waals surface area contributed by atoms with Gasteiger partial charge >= 0.3 is 6.09 Å². The van der Waals surface area contributed by atoms with E-state index in [1.165, 1.54) is 24.5 Å². The molecular weight excluding hydrogens is 438 g/mol. The fourth-order valence-corrected chi connectivity index (χ4v) is 6.55. The number of sulfonamides is 1. The summed E-state index contributed by atoms with van der Waals surface area (Å²) in [5, 5.41) is 0.954. The third-order valence-corrected chi connectivity index (χ3v) is 8.01. The predicted octanol–water partition coefficient (Wildman–Crippen LogP) is 4.02. The number of benzene rings is 1. The molecule has 0 atom stereocenters. The Kier molecular flexibility index (Phi) is 6.92. The van der Waals surface area contributed by atoms with Gasteiger partial charge < -0.3 is 15.2 Å². The Bertz CT molecular complexity index is 1040. The van der Waals surface area contributed by atoms with E-state index in [1.54, 1.807) is 39.1 Å². The first-order valence-electron chi connectivity index (χ1n) is 10.1. The molecule has 1 aromatic carbocycles. The summed E-state index contributed by atoms with van der Waals surface area (Å²) < 4.78 is 39.3. The number of ether oxygens (including phenoxy) is 2. The van der Waals surface area contributed by atoms with Crippen molar-refractivity contribution in [3.05, 3.63) is 29.4 Å². The van der Waals surface area contributed by atoms with Gasteiger partial charge in [0.1, 0.15) is 11.9 Å². The van der Waals surface area contributed by atoms with Crippen molar-refractivity contribution in [2.24, 2.45) is 5.73 Å². The van der Waals surface area contributed by atoms with Crippen LogP contribution in [0.25, 0.3) is 10.4 Å². The van der Waals surface area contributed by atoms with Crippen LogP contribution in [0.4, 0.5) is 4.79 Å². The average Bonchev–Trinajstić information content (AvgIpc) is 3.16. The van der Waals surface area contributed by atoms with Gasteiger partial charge in [0.25, 0.3) is 0 Å². The summed E-state index contributed by atoms with van der Waals surface area (Å²) in [4.78, 5) is 16.5. The highest BCUT2D eigenvalue weighted by atomic mass is 32.2. The second-order valence-corrected chi connectivity index (χ2v) is 11.4. The number of methoxy groups -OCH3 is 1. The van der Waals surface area contributed by atoms with Crippen LogP contribution >= 0.6 is 11.3 Å². The molecule has 31 heavy (non-hydrogen) atoms. The SMILES string of the molecule is COc1ccc(-c2cnc([C@H]3CC[C@H](OC(N)=O)CC3)s2)c(S(=O)(=O)NC(C)(C)C)c1. The number of rotatable bonds is 6. The topological polar surface area (TPSA) is 121 Å². The van der Waals surface area contributed by atoms with Crippen molar-refractivity contribution in [1.29, 1.82) is 0 Å². The van der Waals surface area contributed by atoms with Crippen LogP contribution in [0.2, 0.25) is 0 Å². The lowest BCUT2D eigenvalue weighted by molar-refractivity contribution is 0.0787. The van der Waals surface area contributed by atoms with Crippen LogP contribution < -0.4 is 15.2 Å². The molecule has 8 nitrogen and oxygen atoms in total. The minimum absolute atomic E-state index is 0.144. The smallest absolute Gasteiger partial charge is 0.404 e. The summed E-state index contributed by atoms with van der Waals surface area (Å²) >= 11 is 1.49. The second kappa shape index (κ2) is 9.13. The second-order valence-electron chi connectivity index (χ2n) is 8.69. The maximum atomic E-state index is 13.1. The van der Waals surface area contributed by atoms with Crippen molar-refractivity contribution in [1.82, 2.24) is 9.71 Å². The molecule has 0 bridgehead atoms. The lowest BCUT2D eigenvalue weighted by atomic mass is 9.88. The molecule has 0 spiro atoms. The highest BCUT2D eigenvalue weighted by molar-refractivity contribution is 7.89. The van der Waals surface area contributed by atoms with Crippen LogP contribution in [0, 0.1) is 0 Å². The molecule has 1 aliphatic carbocycles. The summed E-state index contributed by atoms with van der Waals surface area (Å²) in [6.07, 6.45) is 3.99. The van der Waals surface area contributed by atoms with Gasteiger partial charge in [0, 0.05) is 29.3 Å².